The topological polar surface area (TPSA) is 129 Å². The molecule has 152 valence electrons. The van der Waals surface area contributed by atoms with Crippen LogP contribution in [0.2, 0.25) is 0 Å². The Kier molecular flexibility index (Phi) is 5.82. The van der Waals surface area contributed by atoms with Crippen LogP contribution in [0.25, 0.3) is 0 Å². The molecule has 4 amide bonds. The summed E-state index contributed by atoms with van der Waals surface area (Å²) in [5.74, 6) is -1.58. The van der Waals surface area contributed by atoms with E-state index < -0.39 is 29.6 Å². The third-order valence-corrected chi connectivity index (χ3v) is 5.23. The van der Waals surface area contributed by atoms with Crippen LogP contribution in [0.15, 0.2) is 24.3 Å². The van der Waals surface area contributed by atoms with Crippen LogP contribution >= 0.6 is 0 Å². The first kappa shape index (κ1) is 20.3. The van der Waals surface area contributed by atoms with Crippen LogP contribution in [-0.2, 0) is 19.1 Å². The van der Waals surface area contributed by atoms with Crippen molar-refractivity contribution in [2.45, 2.75) is 50.7 Å². The molecule has 1 aliphatic carbocycles. The second kappa shape index (κ2) is 8.31. The molecule has 0 unspecified atom stereocenters. The monoisotopic (exact) mass is 398 g/mol. The molecule has 9 heteroatoms. The van der Waals surface area contributed by atoms with Gasteiger partial charge in [-0.1, -0.05) is 25.0 Å². The van der Waals surface area contributed by atoms with Gasteiger partial charge in [-0.05, 0) is 31.9 Å². The fourth-order valence-corrected chi connectivity index (χ4v) is 3.63. The Hall–Kier alpha value is -3.41. The van der Waals surface area contributed by atoms with Crippen LogP contribution in [0.3, 0.4) is 0 Å². The number of esters is 1. The van der Waals surface area contributed by atoms with Crippen LogP contribution in [0, 0.1) is 11.3 Å². The van der Waals surface area contributed by atoms with Crippen molar-refractivity contribution in [1.29, 1.82) is 5.26 Å². The van der Waals surface area contributed by atoms with Crippen molar-refractivity contribution in [1.82, 2.24) is 10.2 Å². The van der Waals surface area contributed by atoms with E-state index in [1.165, 1.54) is 6.92 Å². The number of para-hydroxylation sites is 1. The van der Waals surface area contributed by atoms with Crippen LogP contribution in [-0.4, -0.2) is 46.9 Å². The molecule has 2 aliphatic rings. The number of imide groups is 1. The SMILES string of the molecule is C[C@@H](OC(=O)CCN1C(=O)NC2(CCCC2)C1=O)C(=O)Nc1ccccc1C#N. The minimum absolute atomic E-state index is 0.100. The van der Waals surface area contributed by atoms with Gasteiger partial charge in [0.2, 0.25) is 0 Å². The summed E-state index contributed by atoms with van der Waals surface area (Å²) in [6.07, 6.45) is 1.67. The second-order valence-electron chi connectivity index (χ2n) is 7.20. The first-order chi connectivity index (χ1) is 13.9. The number of nitrogens with zero attached hydrogens (tertiary/aromatic N) is 2. The molecule has 1 saturated heterocycles. The van der Waals surface area contributed by atoms with E-state index in [1.807, 2.05) is 6.07 Å². The number of nitrogens with one attached hydrogen (secondary N) is 2. The average Bonchev–Trinajstić information content (AvgIpc) is 3.26. The predicted octanol–water partition coefficient (Wildman–Crippen LogP) is 1.68. The van der Waals surface area contributed by atoms with Crippen molar-refractivity contribution >= 4 is 29.5 Å². The summed E-state index contributed by atoms with van der Waals surface area (Å²) in [6.45, 7) is 1.31. The van der Waals surface area contributed by atoms with Crippen molar-refractivity contribution in [3.05, 3.63) is 29.8 Å². The number of nitriles is 1. The first-order valence-corrected chi connectivity index (χ1v) is 9.50. The van der Waals surface area contributed by atoms with E-state index in [0.717, 1.165) is 17.7 Å². The molecule has 3 rings (SSSR count). The van der Waals surface area contributed by atoms with Gasteiger partial charge in [-0.15, -0.1) is 0 Å². The van der Waals surface area contributed by atoms with Crippen molar-refractivity contribution in [2.75, 3.05) is 11.9 Å². The second-order valence-corrected chi connectivity index (χ2v) is 7.20. The van der Waals surface area contributed by atoms with Gasteiger partial charge in [0.05, 0.1) is 17.7 Å². The van der Waals surface area contributed by atoms with Gasteiger partial charge in [0.1, 0.15) is 11.6 Å². The van der Waals surface area contributed by atoms with Crippen molar-refractivity contribution in [2.24, 2.45) is 0 Å². The van der Waals surface area contributed by atoms with Gasteiger partial charge in [0, 0.05) is 6.54 Å². The highest BCUT2D eigenvalue weighted by Crippen LogP contribution is 2.35. The Bertz CT molecular complexity index is 885. The van der Waals surface area contributed by atoms with Gasteiger partial charge in [0.25, 0.3) is 11.8 Å². The van der Waals surface area contributed by atoms with Crippen LogP contribution < -0.4 is 10.6 Å². The maximum atomic E-state index is 12.5. The van der Waals surface area contributed by atoms with E-state index in [9.17, 15) is 19.2 Å². The molecule has 1 aliphatic heterocycles. The fraction of sp³-hybridized carbons (Fsp3) is 0.450. The predicted molar refractivity (Wildman–Crippen MR) is 101 cm³/mol. The van der Waals surface area contributed by atoms with Crippen LogP contribution in [0.1, 0.15) is 44.6 Å². The number of anilines is 1. The lowest BCUT2D eigenvalue weighted by molar-refractivity contribution is -0.153. The smallest absolute Gasteiger partial charge is 0.325 e. The Morgan fingerprint density at radius 3 is 2.69 bits per heavy atom. The molecule has 2 N–H and O–H groups in total. The number of hydrogen-bond acceptors (Lipinski definition) is 6. The van der Waals surface area contributed by atoms with Gasteiger partial charge in [-0.25, -0.2) is 4.79 Å². The highest BCUT2D eigenvalue weighted by atomic mass is 16.5. The van der Waals surface area contributed by atoms with Gasteiger partial charge < -0.3 is 15.4 Å². The fourth-order valence-electron chi connectivity index (χ4n) is 3.63. The lowest BCUT2D eigenvalue weighted by Gasteiger charge is -2.20. The third-order valence-electron chi connectivity index (χ3n) is 5.23. The zero-order valence-electron chi connectivity index (χ0n) is 16.1. The lowest BCUT2D eigenvalue weighted by atomic mass is 9.98. The normalized spacial score (nSPS) is 18.3. The summed E-state index contributed by atoms with van der Waals surface area (Å²) in [6, 6.07) is 7.93. The molecule has 1 heterocycles. The van der Waals surface area contributed by atoms with E-state index in [4.69, 9.17) is 10.00 Å². The van der Waals surface area contributed by atoms with E-state index in [2.05, 4.69) is 10.6 Å². The summed E-state index contributed by atoms with van der Waals surface area (Å²) in [7, 11) is 0. The number of benzene rings is 1. The van der Waals surface area contributed by atoms with Gasteiger partial charge in [0.15, 0.2) is 6.10 Å². The van der Waals surface area contributed by atoms with Gasteiger partial charge in [-0.2, -0.15) is 5.26 Å². The van der Waals surface area contributed by atoms with E-state index in [0.29, 0.717) is 24.1 Å². The Morgan fingerprint density at radius 2 is 2.00 bits per heavy atom. The van der Waals surface area contributed by atoms with E-state index in [1.54, 1.807) is 24.3 Å². The van der Waals surface area contributed by atoms with Gasteiger partial charge in [-0.3, -0.25) is 19.3 Å². The van der Waals surface area contributed by atoms with Crippen molar-refractivity contribution in [3.63, 3.8) is 0 Å². The molecule has 0 radical (unpaired) electrons. The highest BCUT2D eigenvalue weighted by molar-refractivity contribution is 6.07. The molecule has 9 nitrogen and oxygen atoms in total. The molecule has 29 heavy (non-hydrogen) atoms. The number of carbonyl (C=O) groups excluding carboxylic acids is 4. The van der Waals surface area contributed by atoms with Crippen molar-refractivity contribution in [3.8, 4) is 6.07 Å². The van der Waals surface area contributed by atoms with E-state index in [-0.39, 0.29) is 18.9 Å². The molecule has 2 fully saturated rings. The Labute approximate surface area is 168 Å². The maximum Gasteiger partial charge on any atom is 0.325 e. The molecule has 1 atom stereocenters. The van der Waals surface area contributed by atoms with E-state index >= 15 is 0 Å². The highest BCUT2D eigenvalue weighted by Gasteiger charge is 2.52. The number of ether oxygens (including phenoxy) is 1. The zero-order valence-corrected chi connectivity index (χ0v) is 16.1. The molecule has 1 saturated carbocycles. The largest absolute Gasteiger partial charge is 0.452 e. The quantitative estimate of drug-likeness (QED) is 0.554. The molecule has 1 aromatic rings. The number of amides is 4. The number of urea groups is 1. The number of hydrogen-bond donors (Lipinski definition) is 2. The zero-order chi connectivity index (χ0) is 21.0. The first-order valence-electron chi connectivity index (χ1n) is 9.50. The summed E-state index contributed by atoms with van der Waals surface area (Å²) in [4.78, 5) is 50.0. The summed E-state index contributed by atoms with van der Waals surface area (Å²) >= 11 is 0. The molecule has 1 spiro atoms. The van der Waals surface area contributed by atoms with Crippen molar-refractivity contribution < 1.29 is 23.9 Å². The van der Waals surface area contributed by atoms with Crippen LogP contribution in [0.4, 0.5) is 10.5 Å². The summed E-state index contributed by atoms with van der Waals surface area (Å²) in [5.41, 5.74) is -0.203. The Morgan fingerprint density at radius 1 is 1.31 bits per heavy atom. The minimum Gasteiger partial charge on any atom is -0.452 e. The molecule has 1 aromatic carbocycles. The molecular formula is C20H22N4O5. The number of carbonyl (C=O) groups is 4. The molecule has 0 aromatic heterocycles. The summed E-state index contributed by atoms with van der Waals surface area (Å²) in [5, 5.41) is 14.3. The minimum atomic E-state index is -1.10. The molecule has 0 bridgehead atoms. The maximum absolute atomic E-state index is 12.5. The molecular weight excluding hydrogens is 376 g/mol. The lowest BCUT2D eigenvalue weighted by Crippen LogP contribution is -2.44. The van der Waals surface area contributed by atoms with Gasteiger partial charge >= 0.3 is 12.0 Å². The Balaban J connectivity index is 1.50. The number of rotatable bonds is 6. The summed E-state index contributed by atoms with van der Waals surface area (Å²) < 4.78 is 5.10. The van der Waals surface area contributed by atoms with Crippen LogP contribution in [0.5, 0.6) is 0 Å². The average molecular weight is 398 g/mol. The third kappa shape index (κ3) is 4.21. The standard InChI is InChI=1S/C20H22N4O5/c1-13(17(26)22-15-7-3-2-6-14(15)12-21)29-16(25)8-11-24-18(27)20(23-19(24)28)9-4-5-10-20/h2-3,6-7,13H,4-5,8-11H2,1H3,(H,22,26)(H,23,28)/t13-/m1/s1.